The van der Waals surface area contributed by atoms with E-state index in [9.17, 15) is 4.79 Å². The summed E-state index contributed by atoms with van der Waals surface area (Å²) in [6.45, 7) is 0.404. The molecule has 3 heteroatoms. The molecule has 20 heavy (non-hydrogen) atoms. The van der Waals surface area contributed by atoms with Gasteiger partial charge in [0.1, 0.15) is 0 Å². The number of fused-ring (bicyclic) bond motifs is 1. The van der Waals surface area contributed by atoms with E-state index in [0.29, 0.717) is 12.6 Å². The Bertz CT molecular complexity index is 603. The molecule has 104 valence electrons. The van der Waals surface area contributed by atoms with Crippen molar-refractivity contribution in [3.8, 4) is 0 Å². The minimum atomic E-state index is 0.122. The van der Waals surface area contributed by atoms with Gasteiger partial charge in [-0.25, -0.2) is 0 Å². The van der Waals surface area contributed by atoms with Crippen LogP contribution in [0.4, 0.5) is 0 Å². The number of benzene rings is 1. The second-order valence-corrected chi connectivity index (χ2v) is 5.65. The highest BCUT2D eigenvalue weighted by Crippen LogP contribution is 2.17. The summed E-state index contributed by atoms with van der Waals surface area (Å²) in [6, 6.07) is 10.7. The molecule has 1 aromatic carbocycles. The number of pyridine rings is 1. The highest BCUT2D eigenvalue weighted by Gasteiger charge is 2.17. The van der Waals surface area contributed by atoms with Gasteiger partial charge in [0.05, 0.1) is 0 Å². The molecule has 0 radical (unpaired) electrons. The zero-order valence-corrected chi connectivity index (χ0v) is 11.7. The molecular weight excluding hydrogens is 248 g/mol. The van der Waals surface area contributed by atoms with Gasteiger partial charge in [0.25, 0.3) is 5.91 Å². The zero-order valence-electron chi connectivity index (χ0n) is 11.7. The van der Waals surface area contributed by atoms with Crippen molar-refractivity contribution >= 4 is 16.7 Å². The van der Waals surface area contributed by atoms with Crippen LogP contribution in [0.25, 0.3) is 10.8 Å². The van der Waals surface area contributed by atoms with Crippen LogP contribution in [0.3, 0.4) is 0 Å². The fraction of sp³-hybridized carbons (Fsp3) is 0.412. The quantitative estimate of drug-likeness (QED) is 0.854. The summed E-state index contributed by atoms with van der Waals surface area (Å²) in [7, 11) is 0. The van der Waals surface area contributed by atoms with E-state index in [4.69, 9.17) is 0 Å². The van der Waals surface area contributed by atoms with Gasteiger partial charge in [0, 0.05) is 17.5 Å². The van der Waals surface area contributed by atoms with Crippen LogP contribution < -0.4 is 9.88 Å². The SMILES string of the molecule is O=C(C[n+]1ccc2ccccc2c1)NC1CCCCC1. The second-order valence-electron chi connectivity index (χ2n) is 5.65. The zero-order chi connectivity index (χ0) is 13.8. The third-order valence-electron chi connectivity index (χ3n) is 4.04. The van der Waals surface area contributed by atoms with Crippen LogP contribution >= 0.6 is 0 Å². The Balaban J connectivity index is 1.64. The van der Waals surface area contributed by atoms with Crippen molar-refractivity contribution in [3.05, 3.63) is 42.7 Å². The van der Waals surface area contributed by atoms with Crippen LogP contribution in [-0.2, 0) is 11.3 Å². The van der Waals surface area contributed by atoms with Gasteiger partial charge in [0.2, 0.25) is 6.54 Å². The molecule has 1 aromatic heterocycles. The molecule has 1 N–H and O–H groups in total. The van der Waals surface area contributed by atoms with E-state index < -0.39 is 0 Å². The van der Waals surface area contributed by atoms with Crippen molar-refractivity contribution in [1.82, 2.24) is 5.32 Å². The molecule has 3 nitrogen and oxygen atoms in total. The molecule has 1 saturated carbocycles. The highest BCUT2D eigenvalue weighted by atomic mass is 16.2. The van der Waals surface area contributed by atoms with E-state index >= 15 is 0 Å². The first-order valence-electron chi connectivity index (χ1n) is 7.48. The molecule has 0 atom stereocenters. The summed E-state index contributed by atoms with van der Waals surface area (Å²) in [5.41, 5.74) is 0. The average molecular weight is 269 g/mol. The predicted molar refractivity (Wildman–Crippen MR) is 79.2 cm³/mol. The first-order valence-corrected chi connectivity index (χ1v) is 7.48. The Morgan fingerprint density at radius 1 is 1.10 bits per heavy atom. The molecule has 0 spiro atoms. The fourth-order valence-corrected chi connectivity index (χ4v) is 2.96. The number of carbonyl (C=O) groups is 1. The van der Waals surface area contributed by atoms with Gasteiger partial charge in [-0.1, -0.05) is 37.5 Å². The highest BCUT2D eigenvalue weighted by molar-refractivity contribution is 5.80. The van der Waals surface area contributed by atoms with Gasteiger partial charge in [-0.2, -0.15) is 4.57 Å². The van der Waals surface area contributed by atoms with E-state index in [1.165, 1.54) is 30.0 Å². The average Bonchev–Trinajstić information content (AvgIpc) is 2.48. The number of nitrogens with zero attached hydrogens (tertiary/aromatic N) is 1. The number of hydrogen-bond donors (Lipinski definition) is 1. The van der Waals surface area contributed by atoms with E-state index in [1.807, 2.05) is 29.1 Å². The maximum Gasteiger partial charge on any atom is 0.286 e. The molecule has 0 aliphatic heterocycles. The molecule has 2 aromatic rings. The largest absolute Gasteiger partial charge is 0.348 e. The topological polar surface area (TPSA) is 33.0 Å². The molecule has 1 fully saturated rings. The Kier molecular flexibility index (Phi) is 3.95. The third-order valence-corrected chi connectivity index (χ3v) is 4.04. The van der Waals surface area contributed by atoms with E-state index in [-0.39, 0.29) is 5.91 Å². The van der Waals surface area contributed by atoms with Gasteiger partial charge in [-0.05, 0) is 24.3 Å². The van der Waals surface area contributed by atoms with Crippen molar-refractivity contribution in [2.75, 3.05) is 0 Å². The summed E-state index contributed by atoms with van der Waals surface area (Å²) in [4.78, 5) is 12.1. The van der Waals surface area contributed by atoms with Crippen molar-refractivity contribution in [2.45, 2.75) is 44.7 Å². The molecule has 1 aliphatic carbocycles. The third kappa shape index (κ3) is 3.16. The van der Waals surface area contributed by atoms with Crippen LogP contribution in [0.1, 0.15) is 32.1 Å². The van der Waals surface area contributed by atoms with Gasteiger partial charge in [-0.15, -0.1) is 0 Å². The lowest BCUT2D eigenvalue weighted by Gasteiger charge is -2.21. The van der Waals surface area contributed by atoms with Crippen LogP contribution in [-0.4, -0.2) is 11.9 Å². The molecule has 0 bridgehead atoms. The number of rotatable bonds is 3. The van der Waals surface area contributed by atoms with E-state index in [0.717, 1.165) is 12.8 Å². The summed E-state index contributed by atoms with van der Waals surface area (Å²) in [6.07, 6.45) is 10.1. The van der Waals surface area contributed by atoms with Gasteiger partial charge in [-0.3, -0.25) is 4.79 Å². The van der Waals surface area contributed by atoms with E-state index in [2.05, 4.69) is 23.5 Å². The normalized spacial score (nSPS) is 16.2. The Hall–Kier alpha value is -1.90. The monoisotopic (exact) mass is 269 g/mol. The van der Waals surface area contributed by atoms with Crippen molar-refractivity contribution in [1.29, 1.82) is 0 Å². The molecular formula is C17H21N2O+. The van der Waals surface area contributed by atoms with Crippen LogP contribution in [0.2, 0.25) is 0 Å². The standard InChI is InChI=1S/C17H20N2O/c20-17(18-16-8-2-1-3-9-16)13-19-11-10-14-6-4-5-7-15(14)12-19/h4-7,10-12,16H,1-3,8-9,13H2/p+1. The molecule has 0 unspecified atom stereocenters. The first-order chi connectivity index (χ1) is 9.81. The summed E-state index contributed by atoms with van der Waals surface area (Å²) < 4.78 is 1.96. The lowest BCUT2D eigenvalue weighted by molar-refractivity contribution is -0.683. The number of aromatic nitrogens is 1. The molecule has 1 heterocycles. The summed E-state index contributed by atoms with van der Waals surface area (Å²) in [5.74, 6) is 0.122. The Morgan fingerprint density at radius 2 is 1.85 bits per heavy atom. The predicted octanol–water partition coefficient (Wildman–Crippen LogP) is 2.58. The number of nitrogens with one attached hydrogen (secondary N) is 1. The fourth-order valence-electron chi connectivity index (χ4n) is 2.96. The molecule has 3 rings (SSSR count). The summed E-state index contributed by atoms with van der Waals surface area (Å²) in [5, 5.41) is 5.53. The number of carbonyl (C=O) groups excluding carboxylic acids is 1. The Morgan fingerprint density at radius 3 is 2.65 bits per heavy atom. The van der Waals surface area contributed by atoms with Gasteiger partial charge in [0.15, 0.2) is 12.4 Å². The minimum absolute atomic E-state index is 0.122. The first kappa shape index (κ1) is 13.1. The number of amides is 1. The summed E-state index contributed by atoms with van der Waals surface area (Å²) >= 11 is 0. The van der Waals surface area contributed by atoms with E-state index in [1.54, 1.807) is 0 Å². The molecule has 1 aliphatic rings. The van der Waals surface area contributed by atoms with Crippen LogP contribution in [0, 0.1) is 0 Å². The Labute approximate surface area is 119 Å². The lowest BCUT2D eigenvalue weighted by atomic mass is 9.95. The van der Waals surface area contributed by atoms with Gasteiger partial charge >= 0.3 is 0 Å². The smallest absolute Gasteiger partial charge is 0.286 e. The minimum Gasteiger partial charge on any atom is -0.348 e. The van der Waals surface area contributed by atoms with Crippen molar-refractivity contribution in [2.24, 2.45) is 0 Å². The second kappa shape index (κ2) is 6.04. The molecule has 1 amide bonds. The number of hydrogen-bond acceptors (Lipinski definition) is 1. The van der Waals surface area contributed by atoms with Crippen LogP contribution in [0.15, 0.2) is 42.7 Å². The lowest BCUT2D eigenvalue weighted by Crippen LogP contribution is -2.46. The van der Waals surface area contributed by atoms with Gasteiger partial charge < -0.3 is 5.32 Å². The maximum atomic E-state index is 12.1. The van der Waals surface area contributed by atoms with Crippen molar-refractivity contribution in [3.63, 3.8) is 0 Å². The maximum absolute atomic E-state index is 12.1. The van der Waals surface area contributed by atoms with Crippen LogP contribution in [0.5, 0.6) is 0 Å². The molecule has 0 saturated heterocycles. The van der Waals surface area contributed by atoms with Crippen molar-refractivity contribution < 1.29 is 9.36 Å².